The summed E-state index contributed by atoms with van der Waals surface area (Å²) in [4.78, 5) is 18.8. The Kier molecular flexibility index (Phi) is 7.84. The Hall–Kier alpha value is -3.12. The number of unbranched alkanes of at least 4 members (excludes halogenated alkanes) is 1. The number of rotatable bonds is 7. The lowest BCUT2D eigenvalue weighted by atomic mass is 10.1. The minimum Gasteiger partial charge on any atom is -0.369 e. The van der Waals surface area contributed by atoms with Gasteiger partial charge in [-0.15, -0.1) is 0 Å². The lowest BCUT2D eigenvalue weighted by molar-refractivity contribution is -0.132. The fourth-order valence-electron chi connectivity index (χ4n) is 4.35. The van der Waals surface area contributed by atoms with E-state index in [1.54, 1.807) is 17.0 Å². The second-order valence-corrected chi connectivity index (χ2v) is 8.20. The quantitative estimate of drug-likeness (QED) is 0.665. The van der Waals surface area contributed by atoms with Crippen molar-refractivity contribution in [1.82, 2.24) is 9.80 Å². The topological polar surface area (TPSA) is 124 Å². The van der Waals surface area contributed by atoms with Crippen LogP contribution in [-0.2, 0) is 4.79 Å². The van der Waals surface area contributed by atoms with Gasteiger partial charge in [0, 0.05) is 38.4 Å². The maximum Gasteiger partial charge on any atom is 0.240 e. The fraction of sp³-hybridized carbons (Fsp3) is 0.565. The Labute approximate surface area is 184 Å². The Morgan fingerprint density at radius 2 is 1.81 bits per heavy atom. The zero-order chi connectivity index (χ0) is 22.2. The third kappa shape index (κ3) is 5.52. The minimum atomic E-state index is -0.517. The molecular formula is C23H29N7O. The van der Waals surface area contributed by atoms with Gasteiger partial charge >= 0.3 is 0 Å². The molecule has 0 saturated carbocycles. The Balaban J connectivity index is 1.37. The highest BCUT2D eigenvalue weighted by molar-refractivity contribution is 5.82. The van der Waals surface area contributed by atoms with Crippen molar-refractivity contribution < 1.29 is 4.79 Å². The summed E-state index contributed by atoms with van der Waals surface area (Å²) in [5.41, 5.74) is 7.91. The molecule has 162 valence electrons. The second-order valence-electron chi connectivity index (χ2n) is 8.20. The van der Waals surface area contributed by atoms with Crippen molar-refractivity contribution in [2.75, 3.05) is 44.2 Å². The molecule has 2 heterocycles. The highest BCUT2D eigenvalue weighted by Crippen LogP contribution is 2.21. The molecule has 2 aliphatic heterocycles. The smallest absolute Gasteiger partial charge is 0.240 e. The highest BCUT2D eigenvalue weighted by atomic mass is 16.2. The first-order valence-electron chi connectivity index (χ1n) is 10.9. The maximum atomic E-state index is 12.5. The van der Waals surface area contributed by atoms with Crippen molar-refractivity contribution in [3.05, 3.63) is 29.3 Å². The number of carbonyl (C=O) groups is 1. The van der Waals surface area contributed by atoms with E-state index in [1.165, 1.54) is 0 Å². The predicted molar refractivity (Wildman–Crippen MR) is 117 cm³/mol. The molecule has 0 spiro atoms. The van der Waals surface area contributed by atoms with Gasteiger partial charge in [0.2, 0.25) is 5.91 Å². The van der Waals surface area contributed by atoms with Gasteiger partial charge in [0.05, 0.1) is 23.2 Å². The summed E-state index contributed by atoms with van der Waals surface area (Å²) in [6, 6.07) is 10.9. The van der Waals surface area contributed by atoms with Crippen LogP contribution in [0.15, 0.2) is 18.2 Å². The number of nitrogens with two attached hydrogens (primary N) is 1. The van der Waals surface area contributed by atoms with Crippen molar-refractivity contribution >= 4 is 11.6 Å². The van der Waals surface area contributed by atoms with E-state index in [2.05, 4.69) is 28.0 Å². The number of hydrogen-bond acceptors (Lipinski definition) is 7. The zero-order valence-electron chi connectivity index (χ0n) is 17.8. The summed E-state index contributed by atoms with van der Waals surface area (Å²) in [6.45, 7) is 5.23. The van der Waals surface area contributed by atoms with Gasteiger partial charge in [-0.25, -0.2) is 0 Å². The second kappa shape index (κ2) is 10.8. The van der Waals surface area contributed by atoms with Gasteiger partial charge in [-0.05, 0) is 50.4 Å². The summed E-state index contributed by atoms with van der Waals surface area (Å²) in [5, 5.41) is 27.4. The third-order valence-corrected chi connectivity index (χ3v) is 6.22. The van der Waals surface area contributed by atoms with Crippen molar-refractivity contribution in [3.8, 4) is 18.2 Å². The molecule has 1 amide bonds. The predicted octanol–water partition coefficient (Wildman–Crippen LogP) is 1.56. The van der Waals surface area contributed by atoms with Crippen molar-refractivity contribution in [3.63, 3.8) is 0 Å². The lowest BCUT2D eigenvalue weighted by Gasteiger charge is -2.36. The first-order valence-corrected chi connectivity index (χ1v) is 10.9. The molecule has 0 aliphatic carbocycles. The van der Waals surface area contributed by atoms with Crippen LogP contribution >= 0.6 is 0 Å². The normalized spacial score (nSPS) is 20.0. The third-order valence-electron chi connectivity index (χ3n) is 6.22. The number of likely N-dealkylation sites (tertiary alicyclic amines) is 1. The van der Waals surface area contributed by atoms with E-state index in [4.69, 9.17) is 16.3 Å². The average Bonchev–Trinajstić information content (AvgIpc) is 3.30. The number of nitrogens with zero attached hydrogens (tertiary/aromatic N) is 6. The molecule has 8 nitrogen and oxygen atoms in total. The molecule has 0 aromatic heterocycles. The first kappa shape index (κ1) is 22.6. The van der Waals surface area contributed by atoms with Crippen LogP contribution in [0.2, 0.25) is 0 Å². The molecule has 0 unspecified atom stereocenters. The van der Waals surface area contributed by atoms with Gasteiger partial charge in [-0.1, -0.05) is 6.42 Å². The Bertz CT molecular complexity index is 902. The molecular weight excluding hydrogens is 390 g/mol. The van der Waals surface area contributed by atoms with E-state index in [-0.39, 0.29) is 11.9 Å². The fourth-order valence-corrected chi connectivity index (χ4v) is 4.35. The Morgan fingerprint density at radius 1 is 1.06 bits per heavy atom. The molecule has 2 saturated heterocycles. The van der Waals surface area contributed by atoms with Gasteiger partial charge < -0.3 is 15.5 Å². The van der Waals surface area contributed by atoms with Gasteiger partial charge in [-0.2, -0.15) is 15.8 Å². The lowest BCUT2D eigenvalue weighted by Crippen LogP contribution is -2.47. The molecule has 1 aromatic rings. The summed E-state index contributed by atoms with van der Waals surface area (Å²) in [7, 11) is 0. The first-order chi connectivity index (χ1) is 15.1. The van der Waals surface area contributed by atoms with E-state index in [9.17, 15) is 10.1 Å². The van der Waals surface area contributed by atoms with Crippen LogP contribution in [0.25, 0.3) is 0 Å². The van der Waals surface area contributed by atoms with E-state index >= 15 is 0 Å². The van der Waals surface area contributed by atoms with Gasteiger partial charge in [0.1, 0.15) is 18.2 Å². The molecule has 31 heavy (non-hydrogen) atoms. The number of carbonyl (C=O) groups excluding carboxylic acids is 1. The molecule has 0 bridgehead atoms. The average molecular weight is 420 g/mol. The summed E-state index contributed by atoms with van der Waals surface area (Å²) in [6.07, 6.45) is 4.15. The number of nitriles is 3. The van der Waals surface area contributed by atoms with E-state index in [0.29, 0.717) is 24.1 Å². The highest BCUT2D eigenvalue weighted by Gasteiger charge is 2.31. The SMILES string of the molecule is N#Cc1ccc(N2CCN(CCCC[C@H](N)C(=O)N3CCC[C@H]3C#N)CC2)cc1C#N. The summed E-state index contributed by atoms with van der Waals surface area (Å²) < 4.78 is 0. The molecule has 2 N–H and O–H groups in total. The molecule has 8 heteroatoms. The summed E-state index contributed by atoms with van der Waals surface area (Å²) >= 11 is 0. The van der Waals surface area contributed by atoms with Crippen molar-refractivity contribution in [1.29, 1.82) is 15.8 Å². The van der Waals surface area contributed by atoms with Gasteiger partial charge in [0.25, 0.3) is 0 Å². The van der Waals surface area contributed by atoms with E-state index in [1.807, 2.05) is 6.07 Å². The number of amides is 1. The van der Waals surface area contributed by atoms with E-state index in [0.717, 1.165) is 64.1 Å². The zero-order valence-corrected chi connectivity index (χ0v) is 17.8. The number of hydrogen-bond donors (Lipinski definition) is 1. The molecule has 0 radical (unpaired) electrons. The number of piperazine rings is 1. The van der Waals surface area contributed by atoms with Crippen LogP contribution < -0.4 is 10.6 Å². The van der Waals surface area contributed by atoms with Gasteiger partial charge in [-0.3, -0.25) is 9.69 Å². The molecule has 2 fully saturated rings. The molecule has 2 aliphatic rings. The van der Waals surface area contributed by atoms with Crippen LogP contribution in [0.1, 0.15) is 43.2 Å². The van der Waals surface area contributed by atoms with Crippen LogP contribution in [-0.4, -0.2) is 67.1 Å². The molecule has 2 atom stereocenters. The standard InChI is InChI=1S/C23H29N7O/c24-15-18-6-7-20(14-19(18)16-25)29-12-10-28(11-13-29)8-2-1-5-22(27)23(31)30-9-3-4-21(30)17-26/h6-7,14,21-22H,1-5,8-13,27H2/t21-,22-/m0/s1. The molecule has 3 rings (SSSR count). The van der Waals surface area contributed by atoms with Crippen LogP contribution in [0, 0.1) is 34.0 Å². The maximum absolute atomic E-state index is 12.5. The monoisotopic (exact) mass is 419 g/mol. The number of anilines is 1. The van der Waals surface area contributed by atoms with E-state index < -0.39 is 6.04 Å². The molecule has 1 aromatic carbocycles. The van der Waals surface area contributed by atoms with Crippen molar-refractivity contribution in [2.45, 2.75) is 44.2 Å². The van der Waals surface area contributed by atoms with Crippen LogP contribution in [0.4, 0.5) is 5.69 Å². The largest absolute Gasteiger partial charge is 0.369 e. The van der Waals surface area contributed by atoms with Crippen LogP contribution in [0.3, 0.4) is 0 Å². The number of benzene rings is 1. The Morgan fingerprint density at radius 3 is 2.48 bits per heavy atom. The van der Waals surface area contributed by atoms with Crippen LogP contribution in [0.5, 0.6) is 0 Å². The summed E-state index contributed by atoms with van der Waals surface area (Å²) in [5.74, 6) is -0.0863. The van der Waals surface area contributed by atoms with Crippen molar-refractivity contribution in [2.24, 2.45) is 5.73 Å². The minimum absolute atomic E-state index is 0.0863. The van der Waals surface area contributed by atoms with Gasteiger partial charge in [0.15, 0.2) is 0 Å².